The van der Waals surface area contributed by atoms with Gasteiger partial charge < -0.3 is 19.2 Å². The fourth-order valence-electron chi connectivity index (χ4n) is 4.76. The smallest absolute Gasteiger partial charge is 0.334 e. The van der Waals surface area contributed by atoms with Gasteiger partial charge in [0.15, 0.2) is 0 Å². The highest BCUT2D eigenvalue weighted by molar-refractivity contribution is 5.98. The third-order valence-electron chi connectivity index (χ3n) is 6.13. The zero-order valence-electron chi connectivity index (χ0n) is 16.3. The third kappa shape index (κ3) is 2.85. The number of hydrogen-bond acceptors (Lipinski definition) is 5. The van der Waals surface area contributed by atoms with Crippen LogP contribution in [0.25, 0.3) is 10.9 Å². The first-order chi connectivity index (χ1) is 14.4. The molecule has 2 aromatic heterocycles. The molecule has 9 heteroatoms. The number of hydrogen-bond donors (Lipinski definition) is 1. The van der Waals surface area contributed by atoms with Gasteiger partial charge in [-0.15, -0.1) is 0 Å². The molecule has 0 aliphatic carbocycles. The Hall–Kier alpha value is -3.62. The zero-order valence-corrected chi connectivity index (χ0v) is 16.3. The summed E-state index contributed by atoms with van der Waals surface area (Å²) in [4.78, 5) is 41.1. The first kappa shape index (κ1) is 18.4. The summed E-state index contributed by atoms with van der Waals surface area (Å²) in [6, 6.07) is 10.4. The summed E-state index contributed by atoms with van der Waals surface area (Å²) in [5.41, 5.74) is 1.18. The minimum Gasteiger partial charge on any atom is -0.497 e. The van der Waals surface area contributed by atoms with Crippen molar-refractivity contribution in [1.82, 2.24) is 14.5 Å². The summed E-state index contributed by atoms with van der Waals surface area (Å²) < 4.78 is 6.77. The van der Waals surface area contributed by atoms with Crippen molar-refractivity contribution in [3.63, 3.8) is 0 Å². The Kier molecular flexibility index (Phi) is 4.12. The first-order valence-corrected chi connectivity index (χ1v) is 9.78. The zero-order chi connectivity index (χ0) is 21.0. The molecule has 4 heterocycles. The molecule has 2 aliphatic rings. The van der Waals surface area contributed by atoms with Crippen LogP contribution < -0.4 is 10.3 Å². The largest absolute Gasteiger partial charge is 0.497 e. The van der Waals surface area contributed by atoms with Gasteiger partial charge in [-0.1, -0.05) is 0 Å². The Morgan fingerprint density at radius 2 is 2.03 bits per heavy atom. The minimum absolute atomic E-state index is 0.0144. The second-order valence-electron chi connectivity index (χ2n) is 7.96. The van der Waals surface area contributed by atoms with Crippen LogP contribution in [-0.2, 0) is 6.54 Å². The average Bonchev–Trinajstić information content (AvgIpc) is 3.16. The van der Waals surface area contributed by atoms with Gasteiger partial charge >= 0.3 is 11.2 Å². The van der Waals surface area contributed by atoms with E-state index in [0.29, 0.717) is 25.3 Å². The third-order valence-corrected chi connectivity index (χ3v) is 6.13. The Balaban J connectivity index is 1.44. The molecule has 1 fully saturated rings. The summed E-state index contributed by atoms with van der Waals surface area (Å²) in [5, 5.41) is 12.0. The second-order valence-corrected chi connectivity index (χ2v) is 7.96. The van der Waals surface area contributed by atoms with Crippen molar-refractivity contribution in [3.05, 3.63) is 68.3 Å². The van der Waals surface area contributed by atoms with Gasteiger partial charge in [0, 0.05) is 48.2 Å². The van der Waals surface area contributed by atoms with Gasteiger partial charge in [-0.3, -0.25) is 19.7 Å². The number of methoxy groups -OCH3 is 1. The van der Waals surface area contributed by atoms with Crippen molar-refractivity contribution in [2.24, 2.45) is 5.92 Å². The lowest BCUT2D eigenvalue weighted by atomic mass is 9.83. The molecule has 154 valence electrons. The summed E-state index contributed by atoms with van der Waals surface area (Å²) in [6.07, 6.45) is 0.866. The van der Waals surface area contributed by atoms with Crippen molar-refractivity contribution < 1.29 is 14.5 Å². The molecule has 0 radical (unpaired) electrons. The Morgan fingerprint density at radius 3 is 2.80 bits per heavy atom. The number of amides is 1. The highest BCUT2D eigenvalue weighted by Crippen LogP contribution is 2.36. The van der Waals surface area contributed by atoms with Crippen LogP contribution in [0.4, 0.5) is 5.69 Å². The number of pyridine rings is 1. The van der Waals surface area contributed by atoms with E-state index >= 15 is 0 Å². The van der Waals surface area contributed by atoms with Crippen LogP contribution in [0.2, 0.25) is 0 Å². The van der Waals surface area contributed by atoms with Crippen molar-refractivity contribution in [2.45, 2.75) is 18.9 Å². The van der Waals surface area contributed by atoms with E-state index in [1.54, 1.807) is 13.2 Å². The monoisotopic (exact) mass is 408 g/mol. The topological polar surface area (TPSA) is 110 Å². The quantitative estimate of drug-likeness (QED) is 0.529. The molecule has 0 spiro atoms. The number of likely N-dealkylation sites (tertiary alicyclic amines) is 1. The number of aromatic amines is 1. The van der Waals surface area contributed by atoms with E-state index in [1.165, 1.54) is 10.6 Å². The van der Waals surface area contributed by atoms with E-state index in [0.717, 1.165) is 28.8 Å². The van der Waals surface area contributed by atoms with Crippen molar-refractivity contribution in [1.29, 1.82) is 0 Å². The van der Waals surface area contributed by atoms with Gasteiger partial charge in [-0.25, -0.2) is 0 Å². The number of rotatable bonds is 3. The normalized spacial score (nSPS) is 20.1. The van der Waals surface area contributed by atoms with Crippen molar-refractivity contribution >= 4 is 22.5 Å². The van der Waals surface area contributed by atoms with E-state index in [9.17, 15) is 19.7 Å². The van der Waals surface area contributed by atoms with Crippen LogP contribution in [0.15, 0.2) is 41.2 Å². The lowest BCUT2D eigenvalue weighted by Crippen LogP contribution is -2.49. The molecule has 30 heavy (non-hydrogen) atoms. The number of carbonyl (C=O) groups is 1. The molecule has 2 bridgehead atoms. The van der Waals surface area contributed by atoms with E-state index in [-0.39, 0.29) is 17.7 Å². The molecule has 0 unspecified atom stereocenters. The van der Waals surface area contributed by atoms with Gasteiger partial charge in [0.25, 0.3) is 5.91 Å². The van der Waals surface area contributed by atoms with E-state index in [2.05, 4.69) is 4.98 Å². The summed E-state index contributed by atoms with van der Waals surface area (Å²) in [5.74, 6) is 0.713. The van der Waals surface area contributed by atoms with Crippen LogP contribution >= 0.6 is 0 Å². The number of nitro groups is 1. The Bertz CT molecular complexity index is 1240. The minimum atomic E-state index is -0.638. The lowest BCUT2D eigenvalue weighted by Gasteiger charge is -2.42. The van der Waals surface area contributed by atoms with Crippen LogP contribution in [-0.4, -0.2) is 45.5 Å². The molecule has 1 saturated heterocycles. The van der Waals surface area contributed by atoms with Crippen LogP contribution in [0.1, 0.15) is 28.5 Å². The van der Waals surface area contributed by atoms with Crippen LogP contribution in [0.5, 0.6) is 5.75 Å². The molecule has 1 amide bonds. The molecule has 2 aliphatic heterocycles. The number of nitrogens with zero attached hydrogens (tertiary/aromatic N) is 3. The van der Waals surface area contributed by atoms with Gasteiger partial charge in [0.2, 0.25) is 0 Å². The maximum atomic E-state index is 13.2. The highest BCUT2D eigenvalue weighted by atomic mass is 16.6. The van der Waals surface area contributed by atoms with Gasteiger partial charge in [-0.05, 0) is 42.7 Å². The van der Waals surface area contributed by atoms with Gasteiger partial charge in [-0.2, -0.15) is 0 Å². The second kappa shape index (κ2) is 6.72. The number of piperidine rings is 1. The van der Waals surface area contributed by atoms with Gasteiger partial charge in [0.05, 0.1) is 12.0 Å². The highest BCUT2D eigenvalue weighted by Gasteiger charge is 2.38. The maximum Gasteiger partial charge on any atom is 0.334 e. The van der Waals surface area contributed by atoms with E-state index < -0.39 is 16.2 Å². The summed E-state index contributed by atoms with van der Waals surface area (Å²) in [7, 11) is 1.60. The maximum absolute atomic E-state index is 13.2. The molecule has 5 rings (SSSR count). The summed E-state index contributed by atoms with van der Waals surface area (Å²) >= 11 is 0. The molecular formula is C21H20N4O5. The fourth-order valence-corrected chi connectivity index (χ4v) is 4.76. The van der Waals surface area contributed by atoms with E-state index in [1.807, 2.05) is 29.2 Å². The molecule has 9 nitrogen and oxygen atoms in total. The number of carbonyl (C=O) groups excluding carboxylic acids is 1. The van der Waals surface area contributed by atoms with Crippen LogP contribution in [0, 0.1) is 16.0 Å². The standard InChI is InChI=1S/C21H20N4O5/c1-30-15-2-3-16-13(7-15)8-17(22-16)20(26)23-9-12-6-14(11-23)18-4-5-19(25(28)29)21(27)24(18)10-12/h2-5,7-8,12,14,22H,6,9-11H2,1H3/t12-,14+/m1/s1. The number of benzene rings is 1. The SMILES string of the molecule is COc1ccc2[nH]c(C(=O)N3C[C@H]4C[C@@H](C3)c3ccc([N+](=O)[O-])c(=O)n3C4)cc2c1. The van der Waals surface area contributed by atoms with Gasteiger partial charge in [0.1, 0.15) is 11.4 Å². The Morgan fingerprint density at radius 1 is 1.20 bits per heavy atom. The molecule has 2 atom stereocenters. The predicted octanol–water partition coefficient (Wildman–Crippen LogP) is 2.51. The summed E-state index contributed by atoms with van der Waals surface area (Å²) in [6.45, 7) is 1.38. The first-order valence-electron chi connectivity index (χ1n) is 9.78. The van der Waals surface area contributed by atoms with Crippen molar-refractivity contribution in [2.75, 3.05) is 20.2 Å². The number of fused-ring (bicyclic) bond motifs is 5. The van der Waals surface area contributed by atoms with Crippen LogP contribution in [0.3, 0.4) is 0 Å². The molecule has 3 aromatic rings. The Labute approximate surface area is 171 Å². The fraction of sp³-hybridized carbons (Fsp3) is 0.333. The number of H-pyrrole nitrogens is 1. The molecule has 1 aromatic carbocycles. The lowest BCUT2D eigenvalue weighted by molar-refractivity contribution is -0.386. The number of ether oxygens (including phenoxy) is 1. The predicted molar refractivity (Wildman–Crippen MR) is 109 cm³/mol. The number of nitrogens with one attached hydrogen (secondary N) is 1. The molecule has 1 N–H and O–H groups in total. The van der Waals surface area contributed by atoms with E-state index in [4.69, 9.17) is 4.74 Å². The molecular weight excluding hydrogens is 388 g/mol. The van der Waals surface area contributed by atoms with Crippen molar-refractivity contribution in [3.8, 4) is 5.75 Å². The molecule has 0 saturated carbocycles. The number of aromatic nitrogens is 2. The average molecular weight is 408 g/mol.